The van der Waals surface area contributed by atoms with Gasteiger partial charge < -0.3 is 10.1 Å². The Hall–Kier alpha value is -2.29. The summed E-state index contributed by atoms with van der Waals surface area (Å²) in [6.45, 7) is 1.85. The van der Waals surface area contributed by atoms with Crippen molar-refractivity contribution in [3.63, 3.8) is 0 Å². The van der Waals surface area contributed by atoms with Gasteiger partial charge in [0.25, 0.3) is 5.91 Å². The van der Waals surface area contributed by atoms with Crippen molar-refractivity contribution in [2.75, 3.05) is 12.4 Å². The first-order chi connectivity index (χ1) is 11.4. The van der Waals surface area contributed by atoms with Gasteiger partial charge in [0.2, 0.25) is 0 Å². The first-order valence-corrected chi connectivity index (χ1v) is 8.14. The van der Waals surface area contributed by atoms with Crippen LogP contribution >= 0.6 is 27.5 Å². The van der Waals surface area contributed by atoms with Crippen LogP contribution in [-0.2, 0) is 4.79 Å². The van der Waals surface area contributed by atoms with Gasteiger partial charge in [0.15, 0.2) is 0 Å². The summed E-state index contributed by atoms with van der Waals surface area (Å²) in [6.07, 6.45) is 1.50. The van der Waals surface area contributed by atoms with Crippen LogP contribution in [0, 0.1) is 18.3 Å². The van der Waals surface area contributed by atoms with Gasteiger partial charge >= 0.3 is 0 Å². The summed E-state index contributed by atoms with van der Waals surface area (Å²) >= 11 is 9.31. The molecule has 4 nitrogen and oxygen atoms in total. The normalized spacial score (nSPS) is 10.9. The van der Waals surface area contributed by atoms with E-state index in [1.807, 2.05) is 13.0 Å². The van der Waals surface area contributed by atoms with Crippen LogP contribution in [0.25, 0.3) is 6.08 Å². The highest BCUT2D eigenvalue weighted by Crippen LogP contribution is 2.24. The summed E-state index contributed by atoms with van der Waals surface area (Å²) in [7, 11) is 1.55. The average molecular weight is 406 g/mol. The smallest absolute Gasteiger partial charge is 0.266 e. The van der Waals surface area contributed by atoms with E-state index in [9.17, 15) is 10.1 Å². The second-order valence-electron chi connectivity index (χ2n) is 5.01. The Morgan fingerprint density at radius 2 is 2.08 bits per heavy atom. The highest BCUT2D eigenvalue weighted by atomic mass is 79.9. The van der Waals surface area contributed by atoms with Crippen molar-refractivity contribution < 1.29 is 9.53 Å². The van der Waals surface area contributed by atoms with Crippen molar-refractivity contribution in [3.8, 4) is 11.8 Å². The molecule has 0 fully saturated rings. The maximum absolute atomic E-state index is 12.4. The first kappa shape index (κ1) is 18.1. The highest BCUT2D eigenvalue weighted by molar-refractivity contribution is 9.10. The molecule has 0 aliphatic carbocycles. The molecular weight excluding hydrogens is 392 g/mol. The quantitative estimate of drug-likeness (QED) is 0.577. The Morgan fingerprint density at radius 1 is 1.33 bits per heavy atom. The number of carbonyl (C=O) groups excluding carboxylic acids is 1. The van der Waals surface area contributed by atoms with E-state index in [1.54, 1.807) is 43.5 Å². The minimum Gasteiger partial charge on any atom is -0.497 e. The van der Waals surface area contributed by atoms with Gasteiger partial charge in [0.05, 0.1) is 7.11 Å². The first-order valence-electron chi connectivity index (χ1n) is 6.97. The summed E-state index contributed by atoms with van der Waals surface area (Å²) in [5.74, 6) is 0.126. The van der Waals surface area contributed by atoms with Crippen molar-refractivity contribution in [2.45, 2.75) is 6.92 Å². The van der Waals surface area contributed by atoms with Crippen LogP contribution < -0.4 is 10.1 Å². The molecule has 0 saturated carbocycles. The van der Waals surface area contributed by atoms with Crippen molar-refractivity contribution in [3.05, 3.63) is 62.6 Å². The molecule has 2 aromatic rings. The lowest BCUT2D eigenvalue weighted by atomic mass is 10.1. The van der Waals surface area contributed by atoms with Crippen LogP contribution in [0.4, 0.5) is 5.69 Å². The molecule has 24 heavy (non-hydrogen) atoms. The van der Waals surface area contributed by atoms with Gasteiger partial charge in [-0.1, -0.05) is 33.6 Å². The molecule has 2 aromatic carbocycles. The highest BCUT2D eigenvalue weighted by Gasteiger charge is 2.12. The molecule has 0 spiro atoms. The minimum atomic E-state index is -0.498. The Kier molecular flexibility index (Phi) is 6.02. The van der Waals surface area contributed by atoms with Crippen LogP contribution in [0.3, 0.4) is 0 Å². The van der Waals surface area contributed by atoms with E-state index in [4.69, 9.17) is 16.3 Å². The number of carbonyl (C=O) groups is 1. The summed E-state index contributed by atoms with van der Waals surface area (Å²) < 4.78 is 5.97. The van der Waals surface area contributed by atoms with Crippen molar-refractivity contribution >= 4 is 45.2 Å². The molecule has 2 rings (SSSR count). The molecule has 0 radical (unpaired) electrons. The van der Waals surface area contributed by atoms with E-state index in [0.717, 1.165) is 10.0 Å². The number of nitrogens with zero attached hydrogens (tertiary/aromatic N) is 1. The summed E-state index contributed by atoms with van der Waals surface area (Å²) in [5, 5.41) is 12.5. The van der Waals surface area contributed by atoms with Crippen LogP contribution in [0.15, 0.2) is 46.4 Å². The number of nitriles is 1. The second-order valence-corrected chi connectivity index (χ2v) is 6.36. The van der Waals surface area contributed by atoms with Gasteiger partial charge in [-0.05, 0) is 54.5 Å². The summed E-state index contributed by atoms with van der Waals surface area (Å²) in [6, 6.07) is 12.4. The number of aryl methyl sites for hydroxylation is 1. The third-order valence-electron chi connectivity index (χ3n) is 3.25. The van der Waals surface area contributed by atoms with Gasteiger partial charge in [-0.25, -0.2) is 0 Å². The van der Waals surface area contributed by atoms with Gasteiger partial charge in [0, 0.05) is 15.2 Å². The largest absolute Gasteiger partial charge is 0.497 e. The number of rotatable bonds is 4. The Labute approximate surface area is 153 Å². The lowest BCUT2D eigenvalue weighted by Gasteiger charge is -2.08. The molecule has 0 unspecified atom stereocenters. The van der Waals surface area contributed by atoms with E-state index in [1.165, 1.54) is 6.08 Å². The van der Waals surface area contributed by atoms with Gasteiger partial charge in [-0.15, -0.1) is 0 Å². The van der Waals surface area contributed by atoms with E-state index >= 15 is 0 Å². The molecule has 0 saturated heterocycles. The topological polar surface area (TPSA) is 62.1 Å². The molecule has 1 amide bonds. The standard InChI is InChI=1S/C18H14BrClN2O2/c1-11-3-4-15(20)9-17(11)22-18(23)13(10-21)5-12-6-14(19)8-16(7-12)24-2/h3-9H,1-2H3,(H,22,23)/b13-5+. The van der Waals surface area contributed by atoms with Crippen molar-refractivity contribution in [1.82, 2.24) is 0 Å². The number of nitrogens with one attached hydrogen (secondary N) is 1. The molecule has 1 N–H and O–H groups in total. The molecule has 0 aromatic heterocycles. The van der Waals surface area contributed by atoms with Crippen LogP contribution in [-0.4, -0.2) is 13.0 Å². The molecule has 0 bridgehead atoms. The monoisotopic (exact) mass is 404 g/mol. The van der Waals surface area contributed by atoms with Gasteiger partial charge in [-0.2, -0.15) is 5.26 Å². The Balaban J connectivity index is 2.31. The van der Waals surface area contributed by atoms with Crippen LogP contribution in [0.1, 0.15) is 11.1 Å². The lowest BCUT2D eigenvalue weighted by molar-refractivity contribution is -0.112. The number of ether oxygens (including phenoxy) is 1. The number of amides is 1. The molecule has 0 atom stereocenters. The number of hydrogen-bond acceptors (Lipinski definition) is 3. The number of hydrogen-bond donors (Lipinski definition) is 1. The molecular formula is C18H14BrClN2O2. The van der Waals surface area contributed by atoms with E-state index in [2.05, 4.69) is 21.2 Å². The van der Waals surface area contributed by atoms with Crippen LogP contribution in [0.2, 0.25) is 5.02 Å². The number of anilines is 1. The second kappa shape index (κ2) is 8.00. The minimum absolute atomic E-state index is 0.0190. The zero-order valence-corrected chi connectivity index (χ0v) is 15.4. The third kappa shape index (κ3) is 4.60. The third-order valence-corrected chi connectivity index (χ3v) is 3.95. The molecule has 6 heteroatoms. The van der Waals surface area contributed by atoms with Crippen LogP contribution in [0.5, 0.6) is 5.75 Å². The predicted molar refractivity (Wildman–Crippen MR) is 99.1 cm³/mol. The Bertz CT molecular complexity index is 857. The number of methoxy groups -OCH3 is 1. The molecule has 122 valence electrons. The fourth-order valence-corrected chi connectivity index (χ4v) is 2.68. The average Bonchev–Trinajstić information content (AvgIpc) is 2.55. The lowest BCUT2D eigenvalue weighted by Crippen LogP contribution is -2.14. The van der Waals surface area contributed by atoms with E-state index in [-0.39, 0.29) is 5.57 Å². The van der Waals surface area contributed by atoms with Crippen molar-refractivity contribution in [2.24, 2.45) is 0 Å². The molecule has 0 aliphatic heterocycles. The SMILES string of the molecule is COc1cc(Br)cc(/C=C(\C#N)C(=O)Nc2cc(Cl)ccc2C)c1. The Morgan fingerprint density at radius 3 is 2.75 bits per heavy atom. The summed E-state index contributed by atoms with van der Waals surface area (Å²) in [5.41, 5.74) is 2.08. The zero-order chi connectivity index (χ0) is 17.7. The summed E-state index contributed by atoms with van der Waals surface area (Å²) in [4.78, 5) is 12.4. The van der Waals surface area contributed by atoms with Gasteiger partial charge in [0.1, 0.15) is 17.4 Å². The predicted octanol–water partition coefficient (Wildman–Crippen LogP) is 4.97. The van der Waals surface area contributed by atoms with Crippen molar-refractivity contribution in [1.29, 1.82) is 5.26 Å². The molecule has 0 aliphatic rings. The number of benzene rings is 2. The van der Waals surface area contributed by atoms with E-state index < -0.39 is 5.91 Å². The molecule has 0 heterocycles. The zero-order valence-electron chi connectivity index (χ0n) is 13.1. The fraction of sp³-hybridized carbons (Fsp3) is 0.111. The maximum Gasteiger partial charge on any atom is 0.266 e. The number of halogens is 2. The maximum atomic E-state index is 12.4. The fourth-order valence-electron chi connectivity index (χ4n) is 2.02. The van der Waals surface area contributed by atoms with E-state index in [0.29, 0.717) is 22.0 Å². The van der Waals surface area contributed by atoms with Gasteiger partial charge in [-0.3, -0.25) is 4.79 Å².